The van der Waals surface area contributed by atoms with Gasteiger partial charge >= 0.3 is 0 Å². The zero-order valence-corrected chi connectivity index (χ0v) is 12.5. The van der Waals surface area contributed by atoms with Crippen molar-refractivity contribution in [1.82, 2.24) is 15.0 Å². The van der Waals surface area contributed by atoms with Gasteiger partial charge in [-0.3, -0.25) is 15.0 Å². The molecule has 0 aromatic carbocycles. The maximum absolute atomic E-state index is 4.73. The molecule has 0 bridgehead atoms. The Balaban J connectivity index is 2.07. The molecule has 3 rings (SSSR count). The first-order valence-electron chi connectivity index (χ1n) is 6.99. The molecule has 0 saturated heterocycles. The lowest BCUT2D eigenvalue weighted by Crippen LogP contribution is -1.95. The molecule has 3 aromatic rings. The first kappa shape index (κ1) is 13.4. The van der Waals surface area contributed by atoms with Gasteiger partial charge in [-0.05, 0) is 57.2 Å². The summed E-state index contributed by atoms with van der Waals surface area (Å²) in [4.78, 5) is 13.6. The Kier molecular flexibility index (Phi) is 3.48. The van der Waals surface area contributed by atoms with Crippen LogP contribution in [0, 0.1) is 20.8 Å². The standard InChI is InChI=1S/C18H17N3/c1-12-6-4-8-17(20-12)16-9-10-18(21-14(16)3)15-7-5-11-19-13(15)2/h4-11H,1-3H3. The largest absolute Gasteiger partial charge is 0.261 e. The van der Waals surface area contributed by atoms with Gasteiger partial charge in [0.15, 0.2) is 0 Å². The number of pyridine rings is 3. The Morgan fingerprint density at radius 1 is 0.667 bits per heavy atom. The van der Waals surface area contributed by atoms with Crippen LogP contribution in [0.15, 0.2) is 48.7 Å². The second-order valence-corrected chi connectivity index (χ2v) is 5.13. The molecule has 0 amide bonds. The quantitative estimate of drug-likeness (QED) is 0.705. The van der Waals surface area contributed by atoms with Crippen molar-refractivity contribution in [2.24, 2.45) is 0 Å². The van der Waals surface area contributed by atoms with Crippen LogP contribution < -0.4 is 0 Å². The van der Waals surface area contributed by atoms with E-state index >= 15 is 0 Å². The van der Waals surface area contributed by atoms with Gasteiger partial charge < -0.3 is 0 Å². The average molecular weight is 275 g/mol. The van der Waals surface area contributed by atoms with E-state index in [1.54, 1.807) is 6.20 Å². The molecule has 104 valence electrons. The summed E-state index contributed by atoms with van der Waals surface area (Å²) < 4.78 is 0. The van der Waals surface area contributed by atoms with E-state index in [0.29, 0.717) is 0 Å². The van der Waals surface area contributed by atoms with Crippen molar-refractivity contribution >= 4 is 0 Å². The van der Waals surface area contributed by atoms with Crippen molar-refractivity contribution in [3.63, 3.8) is 0 Å². The second-order valence-electron chi connectivity index (χ2n) is 5.13. The molecule has 0 saturated carbocycles. The van der Waals surface area contributed by atoms with Gasteiger partial charge in [0.05, 0.1) is 11.4 Å². The van der Waals surface area contributed by atoms with E-state index in [9.17, 15) is 0 Å². The number of hydrogen-bond acceptors (Lipinski definition) is 3. The fraction of sp³-hybridized carbons (Fsp3) is 0.167. The van der Waals surface area contributed by atoms with Crippen LogP contribution in [0.1, 0.15) is 17.1 Å². The Morgan fingerprint density at radius 3 is 2.14 bits per heavy atom. The first-order valence-corrected chi connectivity index (χ1v) is 6.99. The molecule has 21 heavy (non-hydrogen) atoms. The van der Waals surface area contributed by atoms with E-state index in [2.05, 4.69) is 22.1 Å². The van der Waals surface area contributed by atoms with Gasteiger partial charge in [0, 0.05) is 34.4 Å². The van der Waals surface area contributed by atoms with Gasteiger partial charge in [0.2, 0.25) is 0 Å². The van der Waals surface area contributed by atoms with E-state index in [-0.39, 0.29) is 0 Å². The molecule has 3 heterocycles. The smallest absolute Gasteiger partial charge is 0.0723 e. The number of hydrogen-bond donors (Lipinski definition) is 0. The zero-order valence-electron chi connectivity index (χ0n) is 12.5. The summed E-state index contributed by atoms with van der Waals surface area (Å²) in [5.74, 6) is 0. The van der Waals surface area contributed by atoms with Crippen LogP contribution >= 0.6 is 0 Å². The molecular formula is C18H17N3. The van der Waals surface area contributed by atoms with Crippen molar-refractivity contribution in [3.8, 4) is 22.5 Å². The third-order valence-corrected chi connectivity index (χ3v) is 3.53. The SMILES string of the molecule is Cc1cccc(-c2ccc(-c3cccnc3C)nc2C)n1. The third-order valence-electron chi connectivity index (χ3n) is 3.53. The molecule has 0 atom stereocenters. The number of aromatic nitrogens is 3. The Hall–Kier alpha value is -2.55. The molecule has 0 radical (unpaired) electrons. The minimum atomic E-state index is 0.953. The molecule has 3 nitrogen and oxygen atoms in total. The van der Waals surface area contributed by atoms with Crippen molar-refractivity contribution in [2.45, 2.75) is 20.8 Å². The topological polar surface area (TPSA) is 38.7 Å². The van der Waals surface area contributed by atoms with Crippen LogP contribution in [-0.2, 0) is 0 Å². The third kappa shape index (κ3) is 2.68. The summed E-state index contributed by atoms with van der Waals surface area (Å²) in [7, 11) is 0. The van der Waals surface area contributed by atoms with Crippen LogP contribution in [0.4, 0.5) is 0 Å². The van der Waals surface area contributed by atoms with Crippen molar-refractivity contribution in [2.75, 3.05) is 0 Å². The highest BCUT2D eigenvalue weighted by atomic mass is 14.8. The van der Waals surface area contributed by atoms with Crippen molar-refractivity contribution in [3.05, 3.63) is 65.7 Å². The molecule has 0 unspecified atom stereocenters. The number of nitrogens with zero attached hydrogens (tertiary/aromatic N) is 3. The highest BCUT2D eigenvalue weighted by Gasteiger charge is 2.09. The van der Waals surface area contributed by atoms with E-state index in [1.807, 2.05) is 51.1 Å². The predicted molar refractivity (Wildman–Crippen MR) is 84.9 cm³/mol. The van der Waals surface area contributed by atoms with Gasteiger partial charge in [0.1, 0.15) is 0 Å². The molecule has 0 fully saturated rings. The lowest BCUT2D eigenvalue weighted by atomic mass is 10.1. The fourth-order valence-electron chi connectivity index (χ4n) is 2.43. The molecule has 0 N–H and O–H groups in total. The van der Waals surface area contributed by atoms with Crippen LogP contribution in [0.2, 0.25) is 0 Å². The van der Waals surface area contributed by atoms with E-state index < -0.39 is 0 Å². The average Bonchev–Trinajstić information content (AvgIpc) is 2.47. The number of rotatable bonds is 2. The predicted octanol–water partition coefficient (Wildman–Crippen LogP) is 4.13. The molecular weight excluding hydrogens is 258 g/mol. The van der Waals surface area contributed by atoms with E-state index in [1.165, 1.54) is 0 Å². The van der Waals surface area contributed by atoms with Crippen LogP contribution in [0.25, 0.3) is 22.5 Å². The molecule has 3 heteroatoms. The summed E-state index contributed by atoms with van der Waals surface area (Å²) in [6.07, 6.45) is 1.80. The summed E-state index contributed by atoms with van der Waals surface area (Å²) in [5.41, 5.74) is 7.05. The highest BCUT2D eigenvalue weighted by molar-refractivity contribution is 5.68. The van der Waals surface area contributed by atoms with Crippen LogP contribution in [0.3, 0.4) is 0 Å². The summed E-state index contributed by atoms with van der Waals surface area (Å²) in [5, 5.41) is 0. The van der Waals surface area contributed by atoms with Gasteiger partial charge in [-0.2, -0.15) is 0 Å². The maximum atomic E-state index is 4.73. The normalized spacial score (nSPS) is 10.6. The van der Waals surface area contributed by atoms with Gasteiger partial charge in [-0.15, -0.1) is 0 Å². The van der Waals surface area contributed by atoms with E-state index in [4.69, 9.17) is 4.98 Å². The minimum absolute atomic E-state index is 0.953. The van der Waals surface area contributed by atoms with E-state index in [0.717, 1.165) is 39.6 Å². The molecule has 0 aliphatic rings. The maximum Gasteiger partial charge on any atom is 0.0723 e. The lowest BCUT2D eigenvalue weighted by molar-refractivity contribution is 1.14. The minimum Gasteiger partial charge on any atom is -0.261 e. The van der Waals surface area contributed by atoms with Crippen molar-refractivity contribution in [1.29, 1.82) is 0 Å². The number of aryl methyl sites for hydroxylation is 3. The molecule has 3 aromatic heterocycles. The summed E-state index contributed by atoms with van der Waals surface area (Å²) >= 11 is 0. The van der Waals surface area contributed by atoms with Crippen LogP contribution in [-0.4, -0.2) is 15.0 Å². The monoisotopic (exact) mass is 275 g/mol. The Morgan fingerprint density at radius 2 is 1.43 bits per heavy atom. The van der Waals surface area contributed by atoms with Gasteiger partial charge in [-0.25, -0.2) is 0 Å². The highest BCUT2D eigenvalue weighted by Crippen LogP contribution is 2.25. The lowest BCUT2D eigenvalue weighted by Gasteiger charge is -2.09. The molecule has 0 spiro atoms. The van der Waals surface area contributed by atoms with Crippen molar-refractivity contribution < 1.29 is 0 Å². The zero-order chi connectivity index (χ0) is 14.8. The first-order chi connectivity index (χ1) is 10.1. The van der Waals surface area contributed by atoms with Crippen LogP contribution in [0.5, 0.6) is 0 Å². The fourth-order valence-corrected chi connectivity index (χ4v) is 2.43. The van der Waals surface area contributed by atoms with Gasteiger partial charge in [0.25, 0.3) is 0 Å². The Labute approximate surface area is 124 Å². The summed E-state index contributed by atoms with van der Waals surface area (Å²) in [6.45, 7) is 6.02. The van der Waals surface area contributed by atoms with Gasteiger partial charge in [-0.1, -0.05) is 6.07 Å². The molecule has 0 aliphatic carbocycles. The Bertz CT molecular complexity index is 794. The molecule has 0 aliphatic heterocycles. The second kappa shape index (κ2) is 5.44. The summed E-state index contributed by atoms with van der Waals surface area (Å²) in [6, 6.07) is 14.2.